The summed E-state index contributed by atoms with van der Waals surface area (Å²) in [6.07, 6.45) is 1.66. The van der Waals surface area contributed by atoms with E-state index in [1.54, 1.807) is 12.1 Å². The number of likely N-dealkylation sites (N-methyl/N-ethyl adjacent to an activating group) is 1. The largest absolute Gasteiger partial charge is 0.394 e. The van der Waals surface area contributed by atoms with Crippen LogP contribution in [-0.2, 0) is 12.0 Å². The molecule has 0 heterocycles. The summed E-state index contributed by atoms with van der Waals surface area (Å²) < 4.78 is 12.9. The zero-order valence-electron chi connectivity index (χ0n) is 8.18. The maximum Gasteiger partial charge on any atom is 0.123 e. The molecule has 1 aliphatic rings. The fourth-order valence-corrected chi connectivity index (χ4v) is 2.22. The van der Waals surface area contributed by atoms with E-state index in [1.807, 2.05) is 7.05 Å². The standard InChI is InChI=1S/C11H14FNO/c1-13-11(7-14)5-4-8-6-9(12)2-3-10(8)11/h2-3,6,13-14H,4-5,7H2,1H3. The Morgan fingerprint density at radius 3 is 3.00 bits per heavy atom. The third-order valence-corrected chi connectivity index (χ3v) is 3.15. The van der Waals surface area contributed by atoms with Crippen LogP contribution < -0.4 is 5.32 Å². The van der Waals surface area contributed by atoms with Gasteiger partial charge in [0.2, 0.25) is 0 Å². The fourth-order valence-electron chi connectivity index (χ4n) is 2.22. The van der Waals surface area contributed by atoms with E-state index in [0.29, 0.717) is 0 Å². The number of halogens is 1. The Balaban J connectivity index is 2.48. The van der Waals surface area contributed by atoms with Gasteiger partial charge >= 0.3 is 0 Å². The molecule has 0 amide bonds. The minimum atomic E-state index is -0.358. The topological polar surface area (TPSA) is 32.3 Å². The van der Waals surface area contributed by atoms with Gasteiger partial charge in [-0.25, -0.2) is 4.39 Å². The van der Waals surface area contributed by atoms with E-state index in [9.17, 15) is 9.50 Å². The van der Waals surface area contributed by atoms with E-state index in [4.69, 9.17) is 0 Å². The smallest absolute Gasteiger partial charge is 0.123 e. The van der Waals surface area contributed by atoms with Crippen molar-refractivity contribution in [3.63, 3.8) is 0 Å². The second-order valence-corrected chi connectivity index (χ2v) is 3.79. The molecule has 76 valence electrons. The lowest BCUT2D eigenvalue weighted by atomic mass is 9.93. The number of aliphatic hydroxyl groups is 1. The summed E-state index contributed by atoms with van der Waals surface area (Å²) in [5, 5.41) is 12.5. The van der Waals surface area contributed by atoms with Gasteiger partial charge in [0.25, 0.3) is 0 Å². The molecule has 1 atom stereocenters. The highest BCUT2D eigenvalue weighted by atomic mass is 19.1. The molecular weight excluding hydrogens is 181 g/mol. The summed E-state index contributed by atoms with van der Waals surface area (Å²) in [4.78, 5) is 0. The molecule has 0 saturated heterocycles. The summed E-state index contributed by atoms with van der Waals surface area (Å²) >= 11 is 0. The van der Waals surface area contributed by atoms with E-state index in [0.717, 1.165) is 24.0 Å². The lowest BCUT2D eigenvalue weighted by Crippen LogP contribution is -2.41. The van der Waals surface area contributed by atoms with Crippen LogP contribution in [0, 0.1) is 5.82 Å². The van der Waals surface area contributed by atoms with Gasteiger partial charge in [0.15, 0.2) is 0 Å². The van der Waals surface area contributed by atoms with Gasteiger partial charge in [-0.15, -0.1) is 0 Å². The van der Waals surface area contributed by atoms with Gasteiger partial charge in [0, 0.05) is 0 Å². The molecule has 3 heteroatoms. The van der Waals surface area contributed by atoms with Gasteiger partial charge in [-0.2, -0.15) is 0 Å². The summed E-state index contributed by atoms with van der Waals surface area (Å²) in [5.74, 6) is -0.200. The predicted molar refractivity (Wildman–Crippen MR) is 52.5 cm³/mol. The Kier molecular flexibility index (Phi) is 2.29. The third-order valence-electron chi connectivity index (χ3n) is 3.15. The maximum absolute atomic E-state index is 12.9. The molecule has 2 N–H and O–H groups in total. The Morgan fingerprint density at radius 1 is 1.57 bits per heavy atom. The Morgan fingerprint density at radius 2 is 2.36 bits per heavy atom. The van der Waals surface area contributed by atoms with Gasteiger partial charge < -0.3 is 10.4 Å². The molecule has 1 aromatic carbocycles. The molecule has 0 fully saturated rings. The lowest BCUT2D eigenvalue weighted by Gasteiger charge is -2.27. The number of hydrogen-bond acceptors (Lipinski definition) is 2. The number of nitrogens with one attached hydrogen (secondary N) is 1. The SMILES string of the molecule is CNC1(CO)CCc2cc(F)ccc21. The summed E-state index contributed by atoms with van der Waals surface area (Å²) in [6, 6.07) is 4.78. The Bertz CT molecular complexity index is 347. The first kappa shape index (κ1) is 9.62. The van der Waals surface area contributed by atoms with E-state index < -0.39 is 0 Å². The van der Waals surface area contributed by atoms with Crippen LogP contribution in [-0.4, -0.2) is 18.8 Å². The van der Waals surface area contributed by atoms with Crippen LogP contribution in [0.1, 0.15) is 17.5 Å². The van der Waals surface area contributed by atoms with Crippen LogP contribution in [0.2, 0.25) is 0 Å². The monoisotopic (exact) mass is 195 g/mol. The second-order valence-electron chi connectivity index (χ2n) is 3.79. The van der Waals surface area contributed by atoms with Gasteiger partial charge in [0.05, 0.1) is 12.1 Å². The van der Waals surface area contributed by atoms with E-state index >= 15 is 0 Å². The molecule has 0 bridgehead atoms. The van der Waals surface area contributed by atoms with Gasteiger partial charge in [-0.3, -0.25) is 0 Å². The first-order valence-electron chi connectivity index (χ1n) is 4.80. The minimum absolute atomic E-state index is 0.0577. The Hall–Kier alpha value is -0.930. The predicted octanol–water partition coefficient (Wildman–Crippen LogP) is 1.18. The van der Waals surface area contributed by atoms with Crippen molar-refractivity contribution in [3.05, 3.63) is 35.1 Å². The molecule has 0 spiro atoms. The molecule has 2 nitrogen and oxygen atoms in total. The van der Waals surface area contributed by atoms with Crippen LogP contribution in [0.5, 0.6) is 0 Å². The van der Waals surface area contributed by atoms with E-state index in [1.165, 1.54) is 6.07 Å². The molecule has 0 saturated carbocycles. The lowest BCUT2D eigenvalue weighted by molar-refractivity contribution is 0.169. The Labute approximate surface area is 82.8 Å². The van der Waals surface area contributed by atoms with Crippen LogP contribution in [0.3, 0.4) is 0 Å². The van der Waals surface area contributed by atoms with Crippen molar-refractivity contribution >= 4 is 0 Å². The number of hydrogen-bond donors (Lipinski definition) is 2. The quantitative estimate of drug-likeness (QED) is 0.742. The zero-order chi connectivity index (χ0) is 10.2. The normalized spacial score (nSPS) is 25.1. The first-order valence-corrected chi connectivity index (χ1v) is 4.80. The number of benzene rings is 1. The van der Waals surface area contributed by atoms with Crippen molar-refractivity contribution in [1.82, 2.24) is 5.32 Å². The number of aryl methyl sites for hydroxylation is 1. The highest BCUT2D eigenvalue weighted by Crippen LogP contribution is 2.36. The van der Waals surface area contributed by atoms with Crippen molar-refractivity contribution in [1.29, 1.82) is 0 Å². The van der Waals surface area contributed by atoms with Crippen molar-refractivity contribution < 1.29 is 9.50 Å². The first-order chi connectivity index (χ1) is 6.72. The molecule has 14 heavy (non-hydrogen) atoms. The average molecular weight is 195 g/mol. The number of rotatable bonds is 2. The van der Waals surface area contributed by atoms with Crippen LogP contribution in [0.4, 0.5) is 4.39 Å². The van der Waals surface area contributed by atoms with Gasteiger partial charge in [-0.05, 0) is 43.1 Å². The van der Waals surface area contributed by atoms with Crippen LogP contribution >= 0.6 is 0 Å². The molecular formula is C11H14FNO. The highest BCUT2D eigenvalue weighted by Gasteiger charge is 2.36. The molecule has 1 unspecified atom stereocenters. The summed E-state index contributed by atoms with van der Waals surface area (Å²) in [6.45, 7) is 0.0577. The fraction of sp³-hybridized carbons (Fsp3) is 0.455. The minimum Gasteiger partial charge on any atom is -0.394 e. The molecule has 0 aromatic heterocycles. The van der Waals surface area contributed by atoms with Crippen molar-refractivity contribution in [2.45, 2.75) is 18.4 Å². The molecule has 0 radical (unpaired) electrons. The molecule has 1 aliphatic carbocycles. The third kappa shape index (κ3) is 1.24. The van der Waals surface area contributed by atoms with Crippen LogP contribution in [0.15, 0.2) is 18.2 Å². The second kappa shape index (κ2) is 3.33. The van der Waals surface area contributed by atoms with E-state index in [-0.39, 0.29) is 18.0 Å². The average Bonchev–Trinajstić information content (AvgIpc) is 2.56. The summed E-state index contributed by atoms with van der Waals surface area (Å²) in [5.41, 5.74) is 1.68. The zero-order valence-corrected chi connectivity index (χ0v) is 8.18. The summed E-state index contributed by atoms with van der Waals surface area (Å²) in [7, 11) is 1.83. The maximum atomic E-state index is 12.9. The molecule has 0 aliphatic heterocycles. The molecule has 2 rings (SSSR count). The highest BCUT2D eigenvalue weighted by molar-refractivity contribution is 5.39. The van der Waals surface area contributed by atoms with Gasteiger partial charge in [0.1, 0.15) is 5.82 Å². The van der Waals surface area contributed by atoms with Crippen LogP contribution in [0.25, 0.3) is 0 Å². The number of fused-ring (bicyclic) bond motifs is 1. The van der Waals surface area contributed by atoms with Gasteiger partial charge in [-0.1, -0.05) is 6.07 Å². The van der Waals surface area contributed by atoms with Crippen molar-refractivity contribution in [3.8, 4) is 0 Å². The van der Waals surface area contributed by atoms with Crippen molar-refractivity contribution in [2.75, 3.05) is 13.7 Å². The van der Waals surface area contributed by atoms with E-state index in [2.05, 4.69) is 5.32 Å². The molecule has 1 aromatic rings. The van der Waals surface area contributed by atoms with Crippen molar-refractivity contribution in [2.24, 2.45) is 0 Å². The number of aliphatic hydroxyl groups excluding tert-OH is 1.